The fourth-order valence-electron chi connectivity index (χ4n) is 4.53. The van der Waals surface area contributed by atoms with Crippen molar-refractivity contribution in [3.05, 3.63) is 54.2 Å². The van der Waals surface area contributed by atoms with Crippen molar-refractivity contribution in [1.82, 2.24) is 19.8 Å². The van der Waals surface area contributed by atoms with Crippen molar-refractivity contribution in [1.29, 1.82) is 0 Å². The lowest BCUT2D eigenvalue weighted by Crippen LogP contribution is -2.32. The van der Waals surface area contributed by atoms with Crippen molar-refractivity contribution in [3.63, 3.8) is 0 Å². The van der Waals surface area contributed by atoms with Gasteiger partial charge >= 0.3 is 0 Å². The lowest BCUT2D eigenvalue weighted by atomic mass is 10.2. The number of amides is 2. The van der Waals surface area contributed by atoms with E-state index in [0.29, 0.717) is 25.3 Å². The Kier molecular flexibility index (Phi) is 8.17. The molecule has 0 unspecified atom stereocenters. The molecule has 0 radical (unpaired) electrons. The first-order valence-electron chi connectivity index (χ1n) is 12.3. The van der Waals surface area contributed by atoms with E-state index in [9.17, 15) is 9.59 Å². The smallest absolute Gasteiger partial charge is 0.286 e. The first kappa shape index (κ1) is 23.1. The quantitative estimate of drug-likeness (QED) is 0.459. The molecule has 7 nitrogen and oxygen atoms in total. The van der Waals surface area contributed by atoms with Crippen molar-refractivity contribution in [3.8, 4) is 0 Å². The number of hydrogen-bond donors (Lipinski definition) is 1. The van der Waals surface area contributed by atoms with Gasteiger partial charge in [-0.2, -0.15) is 0 Å². The number of likely N-dealkylation sites (tertiary alicyclic amines) is 1. The van der Waals surface area contributed by atoms with Gasteiger partial charge in [-0.05, 0) is 49.9 Å². The van der Waals surface area contributed by atoms with Gasteiger partial charge in [-0.25, -0.2) is 4.98 Å². The van der Waals surface area contributed by atoms with Crippen LogP contribution < -0.4 is 5.32 Å². The summed E-state index contributed by atoms with van der Waals surface area (Å²) in [5.74, 6) is 1.47. The third-order valence-corrected chi connectivity index (χ3v) is 6.35. The zero-order valence-corrected chi connectivity index (χ0v) is 19.3. The monoisotopic (exact) mass is 450 g/mol. The summed E-state index contributed by atoms with van der Waals surface area (Å²) in [7, 11) is 0. The lowest BCUT2D eigenvalue weighted by molar-refractivity contribution is -0.131. The molecule has 0 saturated carbocycles. The molecule has 1 aromatic carbocycles. The van der Waals surface area contributed by atoms with Gasteiger partial charge in [0.15, 0.2) is 5.76 Å². The first-order valence-corrected chi connectivity index (χ1v) is 12.3. The Morgan fingerprint density at radius 3 is 2.58 bits per heavy atom. The van der Waals surface area contributed by atoms with Crippen LogP contribution in [-0.4, -0.2) is 45.9 Å². The van der Waals surface area contributed by atoms with Crippen molar-refractivity contribution in [2.24, 2.45) is 0 Å². The van der Waals surface area contributed by atoms with Crippen molar-refractivity contribution in [2.75, 3.05) is 19.6 Å². The van der Waals surface area contributed by atoms with E-state index in [4.69, 9.17) is 9.40 Å². The van der Waals surface area contributed by atoms with Crippen LogP contribution in [0, 0.1) is 0 Å². The van der Waals surface area contributed by atoms with E-state index in [1.54, 1.807) is 12.1 Å². The summed E-state index contributed by atoms with van der Waals surface area (Å²) in [6.45, 7) is 3.09. The highest BCUT2D eigenvalue weighted by Gasteiger charge is 2.17. The van der Waals surface area contributed by atoms with Crippen molar-refractivity contribution >= 4 is 22.8 Å². The van der Waals surface area contributed by atoms with Crippen LogP contribution in [0.3, 0.4) is 0 Å². The van der Waals surface area contributed by atoms with E-state index in [2.05, 4.69) is 16.0 Å². The minimum Gasteiger partial charge on any atom is -0.459 e. The number of carbonyl (C=O) groups excluding carboxylic acids is 2. The van der Waals surface area contributed by atoms with E-state index in [1.165, 1.54) is 19.1 Å². The molecule has 7 heteroatoms. The fourth-order valence-corrected chi connectivity index (χ4v) is 4.53. The van der Waals surface area contributed by atoms with E-state index in [0.717, 1.165) is 68.5 Å². The van der Waals surface area contributed by atoms with E-state index < -0.39 is 0 Å². The molecule has 1 N–H and O–H groups in total. The number of furan rings is 1. The predicted molar refractivity (Wildman–Crippen MR) is 128 cm³/mol. The molecule has 2 aromatic heterocycles. The normalized spacial score (nSPS) is 14.4. The molecule has 0 bridgehead atoms. The van der Waals surface area contributed by atoms with Gasteiger partial charge < -0.3 is 19.2 Å². The molecule has 1 saturated heterocycles. The van der Waals surface area contributed by atoms with Gasteiger partial charge in [0, 0.05) is 39.0 Å². The number of unbranched alkanes of at least 4 members (excludes halogenated alkanes) is 2. The molecule has 0 aliphatic carbocycles. The van der Waals surface area contributed by atoms with Crippen LogP contribution in [0.2, 0.25) is 0 Å². The Bertz CT molecular complexity index is 1030. The van der Waals surface area contributed by atoms with Gasteiger partial charge in [0.25, 0.3) is 5.91 Å². The van der Waals surface area contributed by atoms with Crippen LogP contribution >= 0.6 is 0 Å². The summed E-state index contributed by atoms with van der Waals surface area (Å²) in [5.41, 5.74) is 2.09. The number of carbonyl (C=O) groups is 2. The third kappa shape index (κ3) is 6.24. The number of para-hydroxylation sites is 2. The summed E-state index contributed by atoms with van der Waals surface area (Å²) < 4.78 is 7.33. The van der Waals surface area contributed by atoms with Crippen LogP contribution in [-0.2, 0) is 17.8 Å². The Labute approximate surface area is 195 Å². The molecule has 0 spiro atoms. The lowest BCUT2D eigenvalue weighted by Gasteiger charge is -2.20. The second-order valence-electron chi connectivity index (χ2n) is 8.76. The number of nitrogens with one attached hydrogen (secondary N) is 1. The minimum atomic E-state index is -0.170. The summed E-state index contributed by atoms with van der Waals surface area (Å²) in [4.78, 5) is 31.6. The van der Waals surface area contributed by atoms with Gasteiger partial charge in [0.05, 0.1) is 17.3 Å². The predicted octanol–water partition coefficient (Wildman–Crippen LogP) is 4.56. The molecular formula is C26H34N4O3. The molecule has 3 aromatic rings. The zero-order chi connectivity index (χ0) is 22.9. The maximum absolute atomic E-state index is 12.8. The Balaban J connectivity index is 1.28. The van der Waals surface area contributed by atoms with E-state index in [-0.39, 0.29) is 11.8 Å². The highest BCUT2D eigenvalue weighted by molar-refractivity contribution is 5.91. The van der Waals surface area contributed by atoms with Crippen LogP contribution in [0.15, 0.2) is 47.1 Å². The zero-order valence-electron chi connectivity index (χ0n) is 19.3. The summed E-state index contributed by atoms with van der Waals surface area (Å²) >= 11 is 0. The van der Waals surface area contributed by atoms with Crippen molar-refractivity contribution < 1.29 is 14.0 Å². The molecule has 33 heavy (non-hydrogen) atoms. The van der Waals surface area contributed by atoms with E-state index in [1.807, 2.05) is 23.1 Å². The second kappa shape index (κ2) is 11.7. The van der Waals surface area contributed by atoms with Gasteiger partial charge in [-0.1, -0.05) is 31.4 Å². The second-order valence-corrected chi connectivity index (χ2v) is 8.76. The average molecular weight is 451 g/mol. The van der Waals surface area contributed by atoms with Crippen LogP contribution in [0.5, 0.6) is 0 Å². The number of rotatable bonds is 10. The summed E-state index contributed by atoms with van der Waals surface area (Å²) in [6.07, 6.45) is 10.5. The Morgan fingerprint density at radius 1 is 0.970 bits per heavy atom. The number of aromatic nitrogens is 2. The summed E-state index contributed by atoms with van der Waals surface area (Å²) in [5, 5.41) is 2.89. The minimum absolute atomic E-state index is 0.170. The van der Waals surface area contributed by atoms with Gasteiger partial charge in [-0.3, -0.25) is 9.59 Å². The maximum atomic E-state index is 12.8. The molecule has 3 heterocycles. The molecule has 1 fully saturated rings. The number of fused-ring (bicyclic) bond motifs is 1. The summed E-state index contributed by atoms with van der Waals surface area (Å²) in [6, 6.07) is 11.5. The topological polar surface area (TPSA) is 80.4 Å². The van der Waals surface area contributed by atoms with Crippen LogP contribution in [0.1, 0.15) is 67.7 Å². The van der Waals surface area contributed by atoms with E-state index >= 15 is 0 Å². The van der Waals surface area contributed by atoms with Crippen LogP contribution in [0.25, 0.3) is 11.0 Å². The fraction of sp³-hybridized carbons (Fsp3) is 0.500. The third-order valence-electron chi connectivity index (χ3n) is 6.35. The number of benzene rings is 1. The molecule has 1 aliphatic heterocycles. The maximum Gasteiger partial charge on any atom is 0.286 e. The highest BCUT2D eigenvalue weighted by Crippen LogP contribution is 2.19. The number of hydrogen-bond acceptors (Lipinski definition) is 4. The molecule has 4 rings (SSSR count). The van der Waals surface area contributed by atoms with Gasteiger partial charge in [0.1, 0.15) is 5.82 Å². The Hall–Kier alpha value is -3.09. The van der Waals surface area contributed by atoms with Crippen LogP contribution in [0.4, 0.5) is 0 Å². The SMILES string of the molecule is O=C(NCCCCCc1nc2ccccc2n1CCC(=O)N1CCCCCC1)c1ccco1. The van der Waals surface area contributed by atoms with Crippen molar-refractivity contribution in [2.45, 2.75) is 64.3 Å². The number of nitrogens with zero attached hydrogens (tertiary/aromatic N) is 3. The molecule has 2 amide bonds. The molecule has 176 valence electrons. The average Bonchev–Trinajstić information content (AvgIpc) is 3.40. The molecule has 1 aliphatic rings. The number of imidazole rings is 1. The Morgan fingerprint density at radius 2 is 1.79 bits per heavy atom. The highest BCUT2D eigenvalue weighted by atomic mass is 16.3. The van der Waals surface area contributed by atoms with Gasteiger partial charge in [-0.15, -0.1) is 0 Å². The van der Waals surface area contributed by atoms with Gasteiger partial charge in [0.2, 0.25) is 5.91 Å². The largest absolute Gasteiger partial charge is 0.459 e. The number of aryl methyl sites for hydroxylation is 2. The standard InChI is InChI=1S/C26H34N4O3/c31-25(29-17-8-1-2-9-18-29)15-19-30-22-12-6-5-11-21(22)28-24(30)14-4-3-7-16-27-26(32)23-13-10-20-33-23/h5-6,10-13,20H,1-4,7-9,14-19H2,(H,27,32). The molecular weight excluding hydrogens is 416 g/mol. The molecule has 0 atom stereocenters. The first-order chi connectivity index (χ1) is 16.2.